The van der Waals surface area contributed by atoms with Gasteiger partial charge in [0.25, 0.3) is 5.69 Å². The molecule has 0 aromatic carbocycles. The van der Waals surface area contributed by atoms with Crippen LogP contribution >= 0.6 is 0 Å². The minimum absolute atomic E-state index is 0.0849. The molecule has 0 aliphatic rings. The van der Waals surface area contributed by atoms with Crippen LogP contribution in [0, 0.1) is 21.4 Å². The number of aromatic nitrogens is 1. The Morgan fingerprint density at radius 2 is 2.41 bits per heavy atom. The number of rotatable bonds is 5. The summed E-state index contributed by atoms with van der Waals surface area (Å²) < 4.78 is 0. The third-order valence-electron chi connectivity index (χ3n) is 2.15. The first kappa shape index (κ1) is 12.9. The molecule has 0 radical (unpaired) electrons. The van der Waals surface area contributed by atoms with Gasteiger partial charge in [0.2, 0.25) is 0 Å². The van der Waals surface area contributed by atoms with Crippen molar-refractivity contribution in [3.63, 3.8) is 0 Å². The fourth-order valence-corrected chi connectivity index (χ4v) is 1.39. The summed E-state index contributed by atoms with van der Waals surface area (Å²) in [4.78, 5) is 15.3. The SMILES string of the molecule is CCCN(CO)c1ncc([N+](=O)[O-])cc1C#N. The Bertz CT molecular complexity index is 455. The number of aliphatic hydroxyl groups is 1. The number of hydrogen-bond acceptors (Lipinski definition) is 6. The average Bonchev–Trinajstić information content (AvgIpc) is 2.35. The molecule has 90 valence electrons. The normalized spacial score (nSPS) is 9.71. The Balaban J connectivity index is 3.16. The summed E-state index contributed by atoms with van der Waals surface area (Å²) in [5, 5.41) is 28.6. The molecular formula is C10H12N4O3. The minimum Gasteiger partial charge on any atom is -0.376 e. The Labute approximate surface area is 98.1 Å². The largest absolute Gasteiger partial charge is 0.376 e. The quantitative estimate of drug-likeness (QED) is 0.465. The average molecular weight is 236 g/mol. The monoisotopic (exact) mass is 236 g/mol. The van der Waals surface area contributed by atoms with Crippen molar-refractivity contribution in [2.45, 2.75) is 13.3 Å². The molecule has 1 aromatic heterocycles. The van der Waals surface area contributed by atoms with Crippen LogP contribution in [0.4, 0.5) is 11.5 Å². The van der Waals surface area contributed by atoms with Gasteiger partial charge >= 0.3 is 0 Å². The van der Waals surface area contributed by atoms with E-state index >= 15 is 0 Å². The number of nitriles is 1. The smallest absolute Gasteiger partial charge is 0.289 e. The van der Waals surface area contributed by atoms with Crippen LogP contribution in [0.1, 0.15) is 18.9 Å². The zero-order chi connectivity index (χ0) is 12.8. The van der Waals surface area contributed by atoms with E-state index in [2.05, 4.69) is 4.98 Å². The highest BCUT2D eigenvalue weighted by Gasteiger charge is 2.16. The van der Waals surface area contributed by atoms with Gasteiger partial charge in [-0.25, -0.2) is 4.98 Å². The summed E-state index contributed by atoms with van der Waals surface area (Å²) in [5.41, 5.74) is -0.151. The van der Waals surface area contributed by atoms with E-state index in [-0.39, 0.29) is 23.8 Å². The van der Waals surface area contributed by atoms with Crippen molar-refractivity contribution in [1.29, 1.82) is 5.26 Å². The van der Waals surface area contributed by atoms with Crippen LogP contribution in [0.2, 0.25) is 0 Å². The Morgan fingerprint density at radius 3 is 2.88 bits per heavy atom. The summed E-state index contributed by atoms with van der Waals surface area (Å²) in [6, 6.07) is 3.00. The molecule has 0 bridgehead atoms. The van der Waals surface area contributed by atoms with Gasteiger partial charge in [0.15, 0.2) is 0 Å². The first-order chi connectivity index (χ1) is 8.13. The summed E-state index contributed by atoms with van der Waals surface area (Å²) in [7, 11) is 0. The van der Waals surface area contributed by atoms with Crippen LogP contribution in [0.3, 0.4) is 0 Å². The van der Waals surface area contributed by atoms with Gasteiger partial charge in [-0.2, -0.15) is 5.26 Å². The molecule has 1 rings (SSSR count). The van der Waals surface area contributed by atoms with Crippen LogP contribution in [0.15, 0.2) is 12.3 Å². The Morgan fingerprint density at radius 1 is 1.71 bits per heavy atom. The maximum absolute atomic E-state index is 10.5. The van der Waals surface area contributed by atoms with Gasteiger partial charge in [0, 0.05) is 12.6 Å². The van der Waals surface area contributed by atoms with Crippen molar-refractivity contribution in [2.75, 3.05) is 18.2 Å². The molecule has 0 unspecified atom stereocenters. The lowest BCUT2D eigenvalue weighted by Gasteiger charge is -2.20. The first-order valence-electron chi connectivity index (χ1n) is 5.04. The highest BCUT2D eigenvalue weighted by atomic mass is 16.6. The predicted molar refractivity (Wildman–Crippen MR) is 60.3 cm³/mol. The predicted octanol–water partition coefficient (Wildman–Crippen LogP) is 1.03. The minimum atomic E-state index is -0.610. The molecule has 1 N–H and O–H groups in total. The lowest BCUT2D eigenvalue weighted by atomic mass is 10.2. The summed E-state index contributed by atoms with van der Waals surface area (Å²) in [6.45, 7) is 2.16. The van der Waals surface area contributed by atoms with E-state index < -0.39 is 4.92 Å². The van der Waals surface area contributed by atoms with Crippen LogP contribution in [0.5, 0.6) is 0 Å². The molecule has 17 heavy (non-hydrogen) atoms. The van der Waals surface area contributed by atoms with Crippen LogP contribution in [0.25, 0.3) is 0 Å². The van der Waals surface area contributed by atoms with Crippen LogP contribution < -0.4 is 4.90 Å². The molecule has 1 aromatic rings. The second-order valence-corrected chi connectivity index (χ2v) is 3.34. The number of anilines is 1. The molecular weight excluding hydrogens is 224 g/mol. The summed E-state index contributed by atoms with van der Waals surface area (Å²) in [5.74, 6) is 0.266. The van der Waals surface area contributed by atoms with Crippen molar-refractivity contribution >= 4 is 11.5 Å². The van der Waals surface area contributed by atoms with E-state index in [0.29, 0.717) is 6.54 Å². The van der Waals surface area contributed by atoms with Gasteiger partial charge in [-0.3, -0.25) is 10.1 Å². The number of nitro groups is 1. The standard InChI is InChI=1S/C10H12N4O3/c1-2-3-13(7-15)10-8(5-11)4-9(6-12-10)14(16)17/h4,6,15H,2-3,7H2,1H3. The third kappa shape index (κ3) is 2.89. The van der Waals surface area contributed by atoms with Gasteiger partial charge in [-0.05, 0) is 6.42 Å². The maximum atomic E-state index is 10.5. The molecule has 7 heteroatoms. The number of hydrogen-bond donors (Lipinski definition) is 1. The molecule has 7 nitrogen and oxygen atoms in total. The Hall–Kier alpha value is -2.20. The molecule has 1 heterocycles. The molecule has 0 saturated carbocycles. The van der Waals surface area contributed by atoms with Gasteiger partial charge in [-0.1, -0.05) is 6.92 Å². The zero-order valence-corrected chi connectivity index (χ0v) is 9.33. The fourth-order valence-electron chi connectivity index (χ4n) is 1.39. The van der Waals surface area contributed by atoms with Crippen LogP contribution in [-0.2, 0) is 0 Å². The van der Waals surface area contributed by atoms with E-state index in [1.165, 1.54) is 4.90 Å². The van der Waals surface area contributed by atoms with Crippen molar-refractivity contribution < 1.29 is 10.0 Å². The van der Waals surface area contributed by atoms with Crippen molar-refractivity contribution in [3.05, 3.63) is 27.9 Å². The van der Waals surface area contributed by atoms with Crippen molar-refractivity contribution in [2.24, 2.45) is 0 Å². The molecule has 0 fully saturated rings. The maximum Gasteiger partial charge on any atom is 0.289 e. The summed E-state index contributed by atoms with van der Waals surface area (Å²) >= 11 is 0. The van der Waals surface area contributed by atoms with E-state index in [1.54, 1.807) is 0 Å². The highest BCUT2D eigenvalue weighted by Crippen LogP contribution is 2.21. The number of nitrogens with zero attached hydrogens (tertiary/aromatic N) is 4. The molecule has 0 atom stereocenters. The van der Waals surface area contributed by atoms with Gasteiger partial charge in [-0.15, -0.1) is 0 Å². The van der Waals surface area contributed by atoms with E-state index in [9.17, 15) is 10.1 Å². The molecule has 0 amide bonds. The highest BCUT2D eigenvalue weighted by molar-refractivity contribution is 5.56. The first-order valence-corrected chi connectivity index (χ1v) is 5.04. The van der Waals surface area contributed by atoms with Crippen molar-refractivity contribution in [1.82, 2.24) is 4.98 Å². The van der Waals surface area contributed by atoms with E-state index in [0.717, 1.165) is 18.7 Å². The molecule has 0 spiro atoms. The number of aliphatic hydroxyl groups excluding tert-OH is 1. The second-order valence-electron chi connectivity index (χ2n) is 3.34. The fraction of sp³-hybridized carbons (Fsp3) is 0.400. The Kier molecular flexibility index (Phi) is 4.37. The third-order valence-corrected chi connectivity index (χ3v) is 2.15. The molecule has 0 aliphatic carbocycles. The molecule has 0 saturated heterocycles. The molecule has 0 aliphatic heterocycles. The lowest BCUT2D eigenvalue weighted by Crippen LogP contribution is -2.26. The topological polar surface area (TPSA) is 103 Å². The van der Waals surface area contributed by atoms with Crippen LogP contribution in [-0.4, -0.2) is 28.3 Å². The second kappa shape index (κ2) is 5.77. The van der Waals surface area contributed by atoms with E-state index in [4.69, 9.17) is 10.4 Å². The van der Waals surface area contributed by atoms with Crippen molar-refractivity contribution in [3.8, 4) is 6.07 Å². The lowest BCUT2D eigenvalue weighted by molar-refractivity contribution is -0.385. The van der Waals surface area contributed by atoms with Gasteiger partial charge in [0.05, 0.1) is 4.92 Å². The summed E-state index contributed by atoms with van der Waals surface area (Å²) in [6.07, 6.45) is 1.85. The zero-order valence-electron chi connectivity index (χ0n) is 9.33. The van der Waals surface area contributed by atoms with E-state index in [1.807, 2.05) is 13.0 Å². The number of pyridine rings is 1. The van der Waals surface area contributed by atoms with Gasteiger partial charge in [0.1, 0.15) is 30.4 Å². The van der Waals surface area contributed by atoms with Gasteiger partial charge < -0.3 is 10.0 Å².